The van der Waals surface area contributed by atoms with Gasteiger partial charge in [-0.2, -0.15) is 8.42 Å². The highest BCUT2D eigenvalue weighted by molar-refractivity contribution is 7.85. The molecule has 0 aliphatic rings. The molecule has 0 bridgehead atoms. The summed E-state index contributed by atoms with van der Waals surface area (Å²) in [6.45, 7) is 7.08. The van der Waals surface area contributed by atoms with Gasteiger partial charge in [0.05, 0.1) is 35.2 Å². The van der Waals surface area contributed by atoms with Gasteiger partial charge in [-0.1, -0.05) is 26.8 Å². The molecule has 2 N–H and O–H groups in total. The van der Waals surface area contributed by atoms with Gasteiger partial charge in [-0.15, -0.1) is 0 Å². The Labute approximate surface area is 223 Å². The number of nitrogens with one attached hydrogen (secondary N) is 1. The zero-order valence-electron chi connectivity index (χ0n) is 21.6. The molecule has 5 rings (SSSR count). The summed E-state index contributed by atoms with van der Waals surface area (Å²) in [6.07, 6.45) is 2.47. The summed E-state index contributed by atoms with van der Waals surface area (Å²) >= 11 is 0. The van der Waals surface area contributed by atoms with Crippen molar-refractivity contribution in [3.8, 4) is 34.0 Å². The second-order valence-electron chi connectivity index (χ2n) is 10.1. The Morgan fingerprint density at radius 1 is 0.949 bits per heavy atom. The van der Waals surface area contributed by atoms with Gasteiger partial charge in [0.2, 0.25) is 0 Å². The Morgan fingerprint density at radius 2 is 1.56 bits per heavy atom. The molecule has 3 aromatic heterocycles. The highest BCUT2D eigenvalue weighted by Crippen LogP contribution is 2.34. The standard InChI is InChI=1S/C26H22F3N5.CH4O3S/c1-26(2,3)13-34-14-30-20-12-11-19(31-25(20)34)23-22(15-7-9-16(27)10-8-15)32-24(33-23)21-17(28)5-4-6-18(21)29;1-5(2,3)4/h4-12,14H,13H2,1-3H3,(H,32,33);1H3,(H,2,3,4). The minimum atomic E-state index is -3.67. The molecule has 2 aromatic carbocycles. The number of pyridine rings is 1. The molecule has 0 amide bonds. The van der Waals surface area contributed by atoms with Crippen LogP contribution < -0.4 is 0 Å². The van der Waals surface area contributed by atoms with Crippen LogP contribution in [0.5, 0.6) is 0 Å². The summed E-state index contributed by atoms with van der Waals surface area (Å²) in [5.41, 5.74) is 3.14. The largest absolute Gasteiger partial charge is 0.336 e. The Hall–Kier alpha value is -4.03. The molecular weight excluding hydrogens is 531 g/mol. The molecule has 5 aromatic rings. The van der Waals surface area contributed by atoms with Gasteiger partial charge in [0, 0.05) is 12.1 Å². The molecule has 0 aliphatic carbocycles. The number of imidazole rings is 2. The van der Waals surface area contributed by atoms with Gasteiger partial charge in [0.15, 0.2) is 5.65 Å². The first kappa shape index (κ1) is 28.0. The van der Waals surface area contributed by atoms with Crippen molar-refractivity contribution in [1.82, 2.24) is 24.5 Å². The maximum absolute atomic E-state index is 14.5. The van der Waals surface area contributed by atoms with E-state index in [9.17, 15) is 21.6 Å². The topological polar surface area (TPSA) is 114 Å². The van der Waals surface area contributed by atoms with Gasteiger partial charge in [0.1, 0.15) is 28.8 Å². The molecule has 204 valence electrons. The normalized spacial score (nSPS) is 11.9. The Balaban J connectivity index is 0.000000648. The fourth-order valence-electron chi connectivity index (χ4n) is 3.92. The van der Waals surface area contributed by atoms with Crippen LogP contribution in [0.4, 0.5) is 13.2 Å². The van der Waals surface area contributed by atoms with E-state index in [0.717, 1.165) is 5.52 Å². The molecular formula is C27H26F3N5O3S. The third-order valence-corrected chi connectivity index (χ3v) is 5.38. The number of halogens is 3. The number of H-pyrrole nitrogens is 1. The van der Waals surface area contributed by atoms with Gasteiger partial charge < -0.3 is 9.55 Å². The molecule has 0 fully saturated rings. The van der Waals surface area contributed by atoms with Crippen LogP contribution in [0.2, 0.25) is 0 Å². The lowest BCUT2D eigenvalue weighted by Gasteiger charge is -2.18. The molecule has 39 heavy (non-hydrogen) atoms. The maximum Gasteiger partial charge on any atom is 0.261 e. The van der Waals surface area contributed by atoms with Gasteiger partial charge in [-0.3, -0.25) is 4.55 Å². The average molecular weight is 558 g/mol. The number of hydrogen-bond acceptors (Lipinski definition) is 5. The fraction of sp³-hybridized carbons (Fsp3) is 0.222. The summed E-state index contributed by atoms with van der Waals surface area (Å²) in [5, 5.41) is 0. The van der Waals surface area contributed by atoms with E-state index in [0.29, 0.717) is 41.1 Å². The minimum absolute atomic E-state index is 0.00804. The quantitative estimate of drug-likeness (QED) is 0.257. The summed E-state index contributed by atoms with van der Waals surface area (Å²) in [6, 6.07) is 13.0. The van der Waals surface area contributed by atoms with E-state index in [-0.39, 0.29) is 16.8 Å². The van der Waals surface area contributed by atoms with Crippen LogP contribution in [0, 0.1) is 22.9 Å². The molecule has 0 aliphatic heterocycles. The van der Waals surface area contributed by atoms with Crippen LogP contribution in [0.15, 0.2) is 60.9 Å². The van der Waals surface area contributed by atoms with Crippen molar-refractivity contribution in [1.29, 1.82) is 0 Å². The van der Waals surface area contributed by atoms with Crippen molar-refractivity contribution in [3.05, 3.63) is 78.4 Å². The number of hydrogen-bond donors (Lipinski definition) is 2. The summed E-state index contributed by atoms with van der Waals surface area (Å²) < 4.78 is 70.5. The first-order chi connectivity index (χ1) is 18.2. The Morgan fingerprint density at radius 3 is 2.15 bits per heavy atom. The van der Waals surface area contributed by atoms with E-state index < -0.39 is 27.6 Å². The molecule has 0 spiro atoms. The summed E-state index contributed by atoms with van der Waals surface area (Å²) in [4.78, 5) is 16.8. The van der Waals surface area contributed by atoms with E-state index in [1.165, 1.54) is 30.3 Å². The number of rotatable bonds is 4. The number of benzene rings is 2. The highest BCUT2D eigenvalue weighted by Gasteiger charge is 2.22. The highest BCUT2D eigenvalue weighted by atomic mass is 32.2. The Kier molecular flexibility index (Phi) is 7.62. The average Bonchev–Trinajstić information content (AvgIpc) is 3.42. The molecule has 8 nitrogen and oxygen atoms in total. The van der Waals surface area contributed by atoms with Gasteiger partial charge >= 0.3 is 0 Å². The molecule has 0 saturated heterocycles. The number of nitrogens with zero attached hydrogens (tertiary/aromatic N) is 4. The number of aromatic nitrogens is 5. The van der Waals surface area contributed by atoms with Crippen LogP contribution in [0.1, 0.15) is 20.8 Å². The third-order valence-electron chi connectivity index (χ3n) is 5.38. The van der Waals surface area contributed by atoms with Crippen LogP contribution in [-0.2, 0) is 16.7 Å². The van der Waals surface area contributed by atoms with Crippen LogP contribution in [-0.4, -0.2) is 43.7 Å². The van der Waals surface area contributed by atoms with E-state index in [4.69, 9.17) is 9.54 Å². The predicted molar refractivity (Wildman–Crippen MR) is 143 cm³/mol. The van der Waals surface area contributed by atoms with E-state index in [2.05, 4.69) is 35.7 Å². The maximum atomic E-state index is 14.5. The first-order valence-corrected chi connectivity index (χ1v) is 13.6. The van der Waals surface area contributed by atoms with Gasteiger partial charge in [-0.25, -0.2) is 28.1 Å². The second kappa shape index (κ2) is 10.6. The van der Waals surface area contributed by atoms with Crippen LogP contribution >= 0.6 is 0 Å². The lowest BCUT2D eigenvalue weighted by molar-refractivity contribution is 0.347. The lowest BCUT2D eigenvalue weighted by Crippen LogP contribution is -2.15. The molecule has 0 unspecified atom stereocenters. The van der Waals surface area contributed by atoms with Crippen LogP contribution in [0.3, 0.4) is 0 Å². The first-order valence-electron chi connectivity index (χ1n) is 11.7. The van der Waals surface area contributed by atoms with Crippen molar-refractivity contribution in [3.63, 3.8) is 0 Å². The SMILES string of the molecule is CC(C)(C)Cn1cnc2ccc(-c3[nH]c(-c4c(F)cccc4F)nc3-c3ccc(F)cc3)nc21.CS(=O)(=O)O. The van der Waals surface area contributed by atoms with Crippen molar-refractivity contribution < 1.29 is 26.1 Å². The summed E-state index contributed by atoms with van der Waals surface area (Å²) in [5.74, 6) is -1.85. The molecule has 0 saturated carbocycles. The van der Waals surface area contributed by atoms with Crippen molar-refractivity contribution in [2.75, 3.05) is 6.26 Å². The van der Waals surface area contributed by atoms with E-state index >= 15 is 0 Å². The lowest BCUT2D eigenvalue weighted by atomic mass is 9.97. The third kappa shape index (κ3) is 6.89. The molecule has 12 heteroatoms. The molecule has 0 atom stereocenters. The zero-order valence-corrected chi connectivity index (χ0v) is 22.4. The molecule has 0 radical (unpaired) electrons. The van der Waals surface area contributed by atoms with Gasteiger partial charge in [0.25, 0.3) is 10.1 Å². The number of fused-ring (bicyclic) bond motifs is 1. The minimum Gasteiger partial charge on any atom is -0.336 e. The fourth-order valence-corrected chi connectivity index (χ4v) is 3.92. The van der Waals surface area contributed by atoms with Gasteiger partial charge in [-0.05, 0) is 53.9 Å². The monoisotopic (exact) mass is 557 g/mol. The van der Waals surface area contributed by atoms with Crippen molar-refractivity contribution >= 4 is 21.3 Å². The van der Waals surface area contributed by atoms with Crippen molar-refractivity contribution in [2.24, 2.45) is 5.41 Å². The molecule has 3 heterocycles. The van der Waals surface area contributed by atoms with E-state index in [1.807, 2.05) is 10.6 Å². The summed E-state index contributed by atoms with van der Waals surface area (Å²) in [7, 11) is -3.67. The van der Waals surface area contributed by atoms with Crippen molar-refractivity contribution in [2.45, 2.75) is 27.3 Å². The zero-order chi connectivity index (χ0) is 28.5. The van der Waals surface area contributed by atoms with Crippen LogP contribution in [0.25, 0.3) is 45.2 Å². The van der Waals surface area contributed by atoms with E-state index in [1.54, 1.807) is 24.5 Å². The number of aromatic amines is 1. The Bertz CT molecular complexity index is 1710. The second-order valence-corrected chi connectivity index (χ2v) is 11.6. The smallest absolute Gasteiger partial charge is 0.261 e. The predicted octanol–water partition coefficient (Wildman–Crippen LogP) is 6.12.